The van der Waals surface area contributed by atoms with Gasteiger partial charge in [0.15, 0.2) is 11.6 Å². The summed E-state index contributed by atoms with van der Waals surface area (Å²) in [5.41, 5.74) is 0.159. The molecule has 0 saturated carbocycles. The van der Waals surface area contributed by atoms with Gasteiger partial charge in [-0.05, 0) is 34.1 Å². The normalized spacial score (nSPS) is 14.2. The molecule has 0 aliphatic carbocycles. The number of halogens is 1. The summed E-state index contributed by atoms with van der Waals surface area (Å²) in [7, 11) is 1.66. The van der Waals surface area contributed by atoms with Crippen molar-refractivity contribution in [2.75, 3.05) is 18.4 Å². The molecule has 24 heavy (non-hydrogen) atoms. The minimum Gasteiger partial charge on any atom is -0.483 e. The average molecular weight is 395 g/mol. The second kappa shape index (κ2) is 6.52. The van der Waals surface area contributed by atoms with E-state index in [1.54, 1.807) is 37.6 Å². The smallest absolute Gasteiger partial charge is 0.407 e. The molecule has 0 spiro atoms. The Labute approximate surface area is 145 Å². The number of anilines is 2. The first-order chi connectivity index (χ1) is 11.4. The topological polar surface area (TPSA) is 96.7 Å². The van der Waals surface area contributed by atoms with Crippen LogP contribution < -0.4 is 15.6 Å². The Balaban J connectivity index is 1.78. The number of carbonyl (C=O) groups is 1. The van der Waals surface area contributed by atoms with Crippen LogP contribution in [0.2, 0.25) is 0 Å². The standard InChI is InChI=1S/C15H15BrN4O4/c1-19-6-9(16)5-11(14(19)21)18-13-12(3-2-4-17-13)24-10-7-20(8-10)15(22)23/h2-6,10H,7-8H2,1H3,(H,17,18)(H,22,23). The molecule has 8 nitrogen and oxygen atoms in total. The van der Waals surface area contributed by atoms with Crippen LogP contribution in [0.25, 0.3) is 0 Å². The number of aryl methyl sites for hydroxylation is 1. The Bertz CT molecular complexity index is 832. The van der Waals surface area contributed by atoms with E-state index in [0.29, 0.717) is 30.3 Å². The van der Waals surface area contributed by atoms with Crippen LogP contribution in [-0.4, -0.2) is 44.8 Å². The Kier molecular flexibility index (Phi) is 4.43. The number of pyridine rings is 2. The van der Waals surface area contributed by atoms with Gasteiger partial charge in [0, 0.05) is 23.9 Å². The van der Waals surface area contributed by atoms with Crippen molar-refractivity contribution in [3.05, 3.63) is 45.4 Å². The maximum atomic E-state index is 12.2. The summed E-state index contributed by atoms with van der Waals surface area (Å²) in [4.78, 5) is 28.4. The Morgan fingerprint density at radius 3 is 2.96 bits per heavy atom. The summed E-state index contributed by atoms with van der Waals surface area (Å²) in [5.74, 6) is 0.871. The Morgan fingerprint density at radius 2 is 2.25 bits per heavy atom. The molecule has 0 radical (unpaired) electrons. The molecule has 1 fully saturated rings. The predicted molar refractivity (Wildman–Crippen MR) is 90.9 cm³/mol. The molecule has 1 aliphatic rings. The zero-order valence-electron chi connectivity index (χ0n) is 12.8. The van der Waals surface area contributed by atoms with Crippen LogP contribution in [0, 0.1) is 0 Å². The molecule has 0 bridgehead atoms. The molecule has 1 aliphatic heterocycles. The lowest BCUT2D eigenvalue weighted by Crippen LogP contribution is -2.55. The van der Waals surface area contributed by atoms with E-state index in [0.717, 1.165) is 4.47 Å². The van der Waals surface area contributed by atoms with E-state index in [-0.39, 0.29) is 11.7 Å². The number of rotatable bonds is 4. The second-order valence-corrected chi connectivity index (χ2v) is 6.31. The highest BCUT2D eigenvalue weighted by atomic mass is 79.9. The summed E-state index contributed by atoms with van der Waals surface area (Å²) >= 11 is 3.35. The fraction of sp³-hybridized carbons (Fsp3) is 0.267. The van der Waals surface area contributed by atoms with Gasteiger partial charge in [-0.15, -0.1) is 0 Å². The molecular weight excluding hydrogens is 380 g/mol. The van der Waals surface area contributed by atoms with Gasteiger partial charge in [-0.2, -0.15) is 0 Å². The van der Waals surface area contributed by atoms with Crippen LogP contribution in [0.5, 0.6) is 5.75 Å². The predicted octanol–water partition coefficient (Wildman–Crippen LogP) is 2.03. The third-order valence-electron chi connectivity index (χ3n) is 3.59. The Hall–Kier alpha value is -2.55. The third-order valence-corrected chi connectivity index (χ3v) is 4.02. The monoisotopic (exact) mass is 394 g/mol. The van der Waals surface area contributed by atoms with Gasteiger partial charge in [-0.1, -0.05) is 0 Å². The Morgan fingerprint density at radius 1 is 1.50 bits per heavy atom. The van der Waals surface area contributed by atoms with E-state index in [1.807, 2.05) is 0 Å². The van der Waals surface area contributed by atoms with Crippen LogP contribution in [-0.2, 0) is 7.05 Å². The summed E-state index contributed by atoms with van der Waals surface area (Å²) in [5, 5.41) is 11.8. The number of ether oxygens (including phenoxy) is 1. The first-order valence-electron chi connectivity index (χ1n) is 7.17. The number of hydrogen-bond acceptors (Lipinski definition) is 5. The average Bonchev–Trinajstić information content (AvgIpc) is 2.48. The molecule has 2 aromatic rings. The third kappa shape index (κ3) is 3.35. The van der Waals surface area contributed by atoms with E-state index < -0.39 is 6.09 Å². The van der Waals surface area contributed by atoms with E-state index in [9.17, 15) is 9.59 Å². The van der Waals surface area contributed by atoms with Crippen molar-refractivity contribution in [1.29, 1.82) is 0 Å². The van der Waals surface area contributed by atoms with Gasteiger partial charge in [0.2, 0.25) is 0 Å². The molecule has 3 heterocycles. The zero-order valence-corrected chi connectivity index (χ0v) is 14.4. The van der Waals surface area contributed by atoms with Crippen molar-refractivity contribution in [1.82, 2.24) is 14.5 Å². The molecule has 0 aromatic carbocycles. The largest absolute Gasteiger partial charge is 0.483 e. The first-order valence-corrected chi connectivity index (χ1v) is 7.96. The molecule has 9 heteroatoms. The van der Waals surface area contributed by atoms with Gasteiger partial charge < -0.3 is 24.6 Å². The molecule has 3 rings (SSSR count). The fourth-order valence-corrected chi connectivity index (χ4v) is 2.85. The van der Waals surface area contributed by atoms with Crippen LogP contribution >= 0.6 is 15.9 Å². The van der Waals surface area contributed by atoms with Crippen LogP contribution in [0.1, 0.15) is 0 Å². The zero-order chi connectivity index (χ0) is 17.3. The molecule has 2 aromatic heterocycles. The maximum absolute atomic E-state index is 12.2. The molecular formula is C15H15BrN4O4. The molecule has 0 unspecified atom stereocenters. The molecule has 1 saturated heterocycles. The molecule has 2 N–H and O–H groups in total. The fourth-order valence-electron chi connectivity index (χ4n) is 2.32. The van der Waals surface area contributed by atoms with Crippen molar-refractivity contribution < 1.29 is 14.6 Å². The van der Waals surface area contributed by atoms with Crippen molar-refractivity contribution in [3.8, 4) is 5.75 Å². The number of amides is 1. The van der Waals surface area contributed by atoms with Gasteiger partial charge in [0.25, 0.3) is 5.56 Å². The van der Waals surface area contributed by atoms with Crippen molar-refractivity contribution in [2.24, 2.45) is 7.05 Å². The maximum Gasteiger partial charge on any atom is 0.407 e. The summed E-state index contributed by atoms with van der Waals surface area (Å²) in [6, 6.07) is 5.10. The van der Waals surface area contributed by atoms with Gasteiger partial charge in [0.05, 0.1) is 13.1 Å². The minimum atomic E-state index is -0.961. The highest BCUT2D eigenvalue weighted by Gasteiger charge is 2.32. The number of likely N-dealkylation sites (tertiary alicyclic amines) is 1. The molecule has 1 amide bonds. The molecule has 0 atom stereocenters. The quantitative estimate of drug-likeness (QED) is 0.823. The molecule has 126 valence electrons. The summed E-state index contributed by atoms with van der Waals surface area (Å²) in [6.07, 6.45) is 2.06. The van der Waals surface area contributed by atoms with E-state index >= 15 is 0 Å². The van der Waals surface area contributed by atoms with E-state index in [4.69, 9.17) is 9.84 Å². The van der Waals surface area contributed by atoms with Gasteiger partial charge in [0.1, 0.15) is 11.8 Å². The minimum absolute atomic E-state index is 0.199. The SMILES string of the molecule is Cn1cc(Br)cc(Nc2ncccc2OC2CN(C(=O)O)C2)c1=O. The lowest BCUT2D eigenvalue weighted by atomic mass is 10.2. The first kappa shape index (κ1) is 16.3. The van der Waals surface area contributed by atoms with Crippen molar-refractivity contribution >= 4 is 33.5 Å². The van der Waals surface area contributed by atoms with Crippen molar-refractivity contribution in [3.63, 3.8) is 0 Å². The van der Waals surface area contributed by atoms with Crippen LogP contribution in [0.15, 0.2) is 39.9 Å². The lowest BCUT2D eigenvalue weighted by molar-refractivity contribution is 0.0255. The summed E-state index contributed by atoms with van der Waals surface area (Å²) < 4.78 is 7.99. The second-order valence-electron chi connectivity index (χ2n) is 5.39. The van der Waals surface area contributed by atoms with Gasteiger partial charge >= 0.3 is 6.09 Å². The highest BCUT2D eigenvalue weighted by Crippen LogP contribution is 2.27. The number of aromatic nitrogens is 2. The van der Waals surface area contributed by atoms with Gasteiger partial charge in [-0.3, -0.25) is 4.79 Å². The highest BCUT2D eigenvalue weighted by molar-refractivity contribution is 9.10. The lowest BCUT2D eigenvalue weighted by Gasteiger charge is -2.36. The number of carboxylic acid groups (broad SMARTS) is 1. The summed E-state index contributed by atoms with van der Waals surface area (Å²) in [6.45, 7) is 0.616. The van der Waals surface area contributed by atoms with Gasteiger partial charge in [-0.25, -0.2) is 9.78 Å². The number of hydrogen-bond donors (Lipinski definition) is 2. The van der Waals surface area contributed by atoms with Crippen LogP contribution in [0.4, 0.5) is 16.3 Å². The number of nitrogens with zero attached hydrogens (tertiary/aromatic N) is 3. The van der Waals surface area contributed by atoms with E-state index in [1.165, 1.54) is 9.47 Å². The van der Waals surface area contributed by atoms with Crippen LogP contribution in [0.3, 0.4) is 0 Å². The number of nitrogens with one attached hydrogen (secondary N) is 1. The van der Waals surface area contributed by atoms with Crippen molar-refractivity contribution in [2.45, 2.75) is 6.10 Å². The van der Waals surface area contributed by atoms with E-state index in [2.05, 4.69) is 26.2 Å².